The third kappa shape index (κ3) is 4.09. The third-order valence-electron chi connectivity index (χ3n) is 9.18. The molecule has 1 N–H and O–H groups in total. The number of phenols is 1. The van der Waals surface area contributed by atoms with Crippen molar-refractivity contribution >= 4 is 5.91 Å². The number of fused-ring (bicyclic) bond motifs is 5. The van der Waals surface area contributed by atoms with Crippen molar-refractivity contribution < 1.29 is 23.4 Å². The van der Waals surface area contributed by atoms with E-state index in [9.17, 15) is 18.7 Å². The van der Waals surface area contributed by atoms with E-state index in [2.05, 4.69) is 13.0 Å². The topological polar surface area (TPSA) is 49.8 Å². The molecule has 1 saturated heterocycles. The Balaban J connectivity index is 1.34. The molecule has 3 fully saturated rings. The third-order valence-corrected chi connectivity index (χ3v) is 9.18. The second-order valence-corrected chi connectivity index (χ2v) is 10.8. The number of aryl methyl sites for hydroxylation is 1. The molecule has 2 saturated carbocycles. The van der Waals surface area contributed by atoms with Gasteiger partial charge in [-0.3, -0.25) is 4.79 Å². The summed E-state index contributed by atoms with van der Waals surface area (Å²) in [5.74, 6) is 1.67. The van der Waals surface area contributed by atoms with Gasteiger partial charge in [0, 0.05) is 25.1 Å². The van der Waals surface area contributed by atoms with Crippen LogP contribution < -0.4 is 0 Å². The van der Waals surface area contributed by atoms with E-state index in [0.717, 1.165) is 38.5 Å². The van der Waals surface area contributed by atoms with Gasteiger partial charge in [0.25, 0.3) is 6.08 Å². The smallest absolute Gasteiger partial charge is 0.270 e. The van der Waals surface area contributed by atoms with Crippen LogP contribution in [0, 0.1) is 23.2 Å². The highest BCUT2D eigenvalue weighted by Gasteiger charge is 2.57. The first-order chi connectivity index (χ1) is 15.9. The summed E-state index contributed by atoms with van der Waals surface area (Å²) in [7, 11) is 0. The van der Waals surface area contributed by atoms with Crippen molar-refractivity contribution in [3.63, 3.8) is 0 Å². The van der Waals surface area contributed by atoms with Crippen LogP contribution in [0.4, 0.5) is 8.78 Å². The van der Waals surface area contributed by atoms with Crippen LogP contribution in [-0.4, -0.2) is 42.2 Å². The maximum Gasteiger partial charge on any atom is 0.270 e. The highest BCUT2D eigenvalue weighted by Crippen LogP contribution is 2.66. The number of morpholine rings is 1. The second kappa shape index (κ2) is 9.01. The average molecular weight is 460 g/mol. The lowest BCUT2D eigenvalue weighted by molar-refractivity contribution is -0.135. The molecule has 6 heteroatoms. The number of hydrogen-bond donors (Lipinski definition) is 1. The van der Waals surface area contributed by atoms with Gasteiger partial charge in [0.2, 0.25) is 5.91 Å². The number of carbonyl (C=O) groups is 1. The van der Waals surface area contributed by atoms with Crippen LogP contribution in [0.15, 0.2) is 29.9 Å². The highest BCUT2D eigenvalue weighted by atomic mass is 19.3. The van der Waals surface area contributed by atoms with Crippen molar-refractivity contribution in [1.29, 1.82) is 0 Å². The van der Waals surface area contributed by atoms with Gasteiger partial charge in [0.1, 0.15) is 5.75 Å². The zero-order chi connectivity index (χ0) is 23.2. The van der Waals surface area contributed by atoms with Crippen molar-refractivity contribution in [1.82, 2.24) is 4.90 Å². The molecule has 4 aliphatic rings. The molecule has 0 radical (unpaired) electrons. The predicted octanol–water partition coefficient (Wildman–Crippen LogP) is 5.65. The van der Waals surface area contributed by atoms with Gasteiger partial charge in [-0.15, -0.1) is 0 Å². The van der Waals surface area contributed by atoms with E-state index in [4.69, 9.17) is 4.74 Å². The standard InChI is InChI=1S/C27H35F2NO3/c1-27-10-9-21-20-8-6-19(31)15-17(20)5-7-22(21)25(27)18(16-23(27)26(28)29)3-2-4-24(32)30-11-13-33-14-12-30/h6,8,15,18,21-22,25,31H,2-5,7,9-14,16H2,1H3/t18-,21+,22+,25-,27+/m0/s1. The minimum absolute atomic E-state index is 0.166. The molecule has 1 amide bonds. The molecule has 1 aliphatic heterocycles. The molecule has 0 aromatic heterocycles. The SMILES string of the molecule is C[C@]12CC[C@@H]3c4ccc(O)cc4CC[C@H]3[C@@H]1[C@@H](CCCC(=O)N1CCOCC1)CC2=C(F)F. The van der Waals surface area contributed by atoms with Gasteiger partial charge in [0.05, 0.1) is 13.2 Å². The summed E-state index contributed by atoms with van der Waals surface area (Å²) < 4.78 is 33.6. The van der Waals surface area contributed by atoms with E-state index in [1.807, 2.05) is 11.0 Å². The lowest BCUT2D eigenvalue weighted by atomic mass is 9.53. The Morgan fingerprint density at radius 3 is 2.79 bits per heavy atom. The van der Waals surface area contributed by atoms with E-state index >= 15 is 0 Å². The Hall–Kier alpha value is -1.95. The van der Waals surface area contributed by atoms with E-state index in [1.165, 1.54) is 11.1 Å². The number of phenolic OH excluding ortho intramolecular Hbond substituents is 1. The zero-order valence-electron chi connectivity index (χ0n) is 19.5. The molecule has 33 heavy (non-hydrogen) atoms. The number of hydrogen-bond acceptors (Lipinski definition) is 3. The minimum Gasteiger partial charge on any atom is -0.508 e. The first kappa shape index (κ1) is 22.8. The predicted molar refractivity (Wildman–Crippen MR) is 122 cm³/mol. The minimum atomic E-state index is -1.48. The van der Waals surface area contributed by atoms with Gasteiger partial charge in [-0.1, -0.05) is 13.0 Å². The van der Waals surface area contributed by atoms with Gasteiger partial charge in [-0.25, -0.2) is 0 Å². The summed E-state index contributed by atoms with van der Waals surface area (Å²) in [5.41, 5.74) is 2.48. The number of allylic oxidation sites excluding steroid dienone is 1. The second-order valence-electron chi connectivity index (χ2n) is 10.8. The largest absolute Gasteiger partial charge is 0.508 e. The molecule has 0 spiro atoms. The van der Waals surface area contributed by atoms with Crippen LogP contribution in [0.25, 0.3) is 0 Å². The van der Waals surface area contributed by atoms with Gasteiger partial charge < -0.3 is 14.7 Å². The van der Waals surface area contributed by atoms with Crippen molar-refractivity contribution in [2.24, 2.45) is 23.2 Å². The summed E-state index contributed by atoms with van der Waals surface area (Å²) in [5, 5.41) is 9.92. The highest BCUT2D eigenvalue weighted by molar-refractivity contribution is 5.76. The molecule has 180 valence electrons. The van der Waals surface area contributed by atoms with E-state index in [1.54, 1.807) is 6.07 Å². The number of carbonyl (C=O) groups excluding carboxylic acids is 1. The fourth-order valence-corrected chi connectivity index (χ4v) is 7.72. The fourth-order valence-electron chi connectivity index (χ4n) is 7.72. The summed E-state index contributed by atoms with van der Waals surface area (Å²) in [4.78, 5) is 14.5. The van der Waals surface area contributed by atoms with Crippen LogP contribution in [0.1, 0.15) is 68.9 Å². The van der Waals surface area contributed by atoms with Gasteiger partial charge in [-0.2, -0.15) is 8.78 Å². The van der Waals surface area contributed by atoms with Crippen LogP contribution >= 0.6 is 0 Å². The van der Waals surface area contributed by atoms with Crippen molar-refractivity contribution in [3.05, 3.63) is 41.0 Å². The average Bonchev–Trinajstić information content (AvgIpc) is 3.12. The Kier molecular flexibility index (Phi) is 6.23. The number of amides is 1. The monoisotopic (exact) mass is 459 g/mol. The molecular weight excluding hydrogens is 424 g/mol. The molecule has 4 nitrogen and oxygen atoms in total. The maximum absolute atomic E-state index is 14.1. The van der Waals surface area contributed by atoms with Crippen molar-refractivity contribution in [2.75, 3.05) is 26.3 Å². The number of nitrogens with zero attached hydrogens (tertiary/aromatic N) is 1. The first-order valence-electron chi connectivity index (χ1n) is 12.6. The molecule has 1 heterocycles. The van der Waals surface area contributed by atoms with Crippen LogP contribution in [0.3, 0.4) is 0 Å². The molecule has 5 atom stereocenters. The molecule has 5 rings (SSSR count). The van der Waals surface area contributed by atoms with Gasteiger partial charge in [0.15, 0.2) is 0 Å². The zero-order valence-corrected chi connectivity index (χ0v) is 19.5. The van der Waals surface area contributed by atoms with Crippen LogP contribution in [-0.2, 0) is 16.0 Å². The van der Waals surface area contributed by atoms with Crippen LogP contribution in [0.5, 0.6) is 5.75 Å². The van der Waals surface area contributed by atoms with E-state index in [0.29, 0.717) is 62.3 Å². The molecule has 0 bridgehead atoms. The molecular formula is C27H35F2NO3. The normalized spacial score (nSPS) is 33.3. The quantitative estimate of drug-likeness (QED) is 0.633. The number of halogens is 2. The number of aromatic hydroxyl groups is 1. The first-order valence-corrected chi connectivity index (χ1v) is 12.6. The van der Waals surface area contributed by atoms with E-state index in [-0.39, 0.29) is 17.7 Å². The number of benzene rings is 1. The van der Waals surface area contributed by atoms with Gasteiger partial charge in [-0.05, 0) is 97.3 Å². The molecule has 0 unspecified atom stereocenters. The number of rotatable bonds is 4. The summed E-state index contributed by atoms with van der Waals surface area (Å²) >= 11 is 0. The van der Waals surface area contributed by atoms with Gasteiger partial charge >= 0.3 is 0 Å². The Morgan fingerprint density at radius 1 is 1.24 bits per heavy atom. The summed E-state index contributed by atoms with van der Waals surface area (Å²) in [6, 6.07) is 5.71. The van der Waals surface area contributed by atoms with E-state index < -0.39 is 11.5 Å². The Bertz CT molecular complexity index is 937. The van der Waals surface area contributed by atoms with Crippen molar-refractivity contribution in [3.8, 4) is 5.75 Å². The lowest BCUT2D eigenvalue weighted by Gasteiger charge is -2.51. The van der Waals surface area contributed by atoms with Crippen molar-refractivity contribution in [2.45, 2.75) is 64.2 Å². The summed E-state index contributed by atoms with van der Waals surface area (Å²) in [6.45, 7) is 4.58. The Labute approximate surface area is 195 Å². The Morgan fingerprint density at radius 2 is 2.03 bits per heavy atom. The maximum atomic E-state index is 14.1. The number of ether oxygens (including phenoxy) is 1. The fraction of sp³-hybridized carbons (Fsp3) is 0.667. The summed E-state index contributed by atoms with van der Waals surface area (Å²) in [6.07, 6.45) is 4.68. The lowest BCUT2D eigenvalue weighted by Crippen LogP contribution is -2.42. The van der Waals surface area contributed by atoms with Crippen LogP contribution in [0.2, 0.25) is 0 Å². The molecule has 1 aromatic rings. The molecule has 1 aromatic carbocycles. The molecule has 3 aliphatic carbocycles.